The molecule has 18 aromatic rings. The zero-order valence-electron chi connectivity index (χ0n) is 50.8. The first kappa shape index (κ1) is 53.2. The van der Waals surface area contributed by atoms with Crippen LogP contribution in [0.5, 0.6) is 46.0 Å². The molecule has 4 aliphatic rings. The molecule has 8 heterocycles. The van der Waals surface area contributed by atoms with Crippen LogP contribution in [0.3, 0.4) is 0 Å². The molecular formula is C84H48N4O4P2S2. The maximum atomic E-state index is 7.35. The van der Waals surface area contributed by atoms with Gasteiger partial charge in [-0.3, -0.25) is 0 Å². The average Bonchev–Trinajstić information content (AvgIpc) is 0.820. The van der Waals surface area contributed by atoms with Gasteiger partial charge in [0.15, 0.2) is 11.5 Å². The average molecular weight is 1300 g/mol. The highest BCUT2D eigenvalue weighted by Crippen LogP contribution is 2.63. The number of nitrogens with zero attached hydrogens (tertiary/aromatic N) is 4. The molecule has 8 nitrogen and oxygen atoms in total. The van der Waals surface area contributed by atoms with E-state index in [0.717, 1.165) is 182 Å². The minimum Gasteiger partial charge on any atom is -0.456 e. The van der Waals surface area contributed by atoms with Crippen LogP contribution in [0.25, 0.3) is 121 Å². The normalized spacial score (nSPS) is 16.2. The zero-order valence-corrected chi connectivity index (χ0v) is 54.3. The van der Waals surface area contributed by atoms with Gasteiger partial charge in [-0.05, 0) is 139 Å². The maximum Gasteiger partial charge on any atom is 0.164 e. The van der Waals surface area contributed by atoms with Crippen LogP contribution in [0.1, 0.15) is 0 Å². The molecule has 0 saturated carbocycles. The van der Waals surface area contributed by atoms with Crippen LogP contribution in [0.4, 0.5) is 0 Å². The van der Waals surface area contributed by atoms with E-state index in [4.69, 9.17) is 42.6 Å². The summed E-state index contributed by atoms with van der Waals surface area (Å²) in [6.45, 7) is 0. The number of hydrogen-bond acceptors (Lipinski definition) is 6. The Morgan fingerprint density at radius 2 is 0.552 bits per heavy atom. The number of ether oxygens (including phenoxy) is 4. The molecule has 0 bridgehead atoms. The Kier molecular flexibility index (Phi) is 10.7. The number of aromatic nitrogens is 4. The van der Waals surface area contributed by atoms with Gasteiger partial charge in [0.1, 0.15) is 34.5 Å². The van der Waals surface area contributed by atoms with Crippen molar-refractivity contribution in [3.8, 4) is 79.9 Å². The van der Waals surface area contributed by atoms with Gasteiger partial charge in [-0.1, -0.05) is 175 Å². The Labute approximate surface area is 559 Å². The minimum atomic E-state index is -2.83. The fourth-order valence-corrected chi connectivity index (χ4v) is 25.3. The van der Waals surface area contributed by atoms with E-state index in [1.165, 1.54) is 10.8 Å². The minimum absolute atomic E-state index is 0.716. The molecule has 4 aromatic heterocycles. The highest BCUT2D eigenvalue weighted by atomic mass is 32.4. The molecule has 0 amide bonds. The lowest BCUT2D eigenvalue weighted by Crippen LogP contribution is -2.36. The molecule has 4 aliphatic heterocycles. The monoisotopic (exact) mass is 1300 g/mol. The van der Waals surface area contributed by atoms with Gasteiger partial charge in [0.25, 0.3) is 0 Å². The Morgan fingerprint density at radius 1 is 0.229 bits per heavy atom. The zero-order chi connectivity index (χ0) is 62.9. The lowest BCUT2D eigenvalue weighted by atomic mass is 10.0. The molecule has 450 valence electrons. The molecule has 2 atom stereocenters. The first-order valence-electron chi connectivity index (χ1n) is 32.2. The molecule has 12 heteroatoms. The number of rotatable bonds is 5. The third-order valence-corrected chi connectivity index (χ3v) is 30.2. The topological polar surface area (TPSA) is 56.6 Å². The van der Waals surface area contributed by atoms with Gasteiger partial charge < -0.3 is 37.2 Å². The van der Waals surface area contributed by atoms with Crippen LogP contribution in [0.15, 0.2) is 291 Å². The Hall–Kier alpha value is -11.2. The van der Waals surface area contributed by atoms with Crippen molar-refractivity contribution in [2.45, 2.75) is 0 Å². The molecule has 0 aliphatic carbocycles. The SMILES string of the molecule is S=P12c3ccc(-n4c5ccccc5c5ccccc54)cc3Oc3cccc(c31)Oc1cc(-n3c4ccccc4c4cc(-c5ccc6c(c5)c5ccccc5n6-c5cc(-n6c7ccccc7c7ccccc76)c6c7c5Oc5ccccc5P7(=S)c5ccccc5O6)ccc43)ccc12. The number of fused-ring (bicyclic) bond motifs is 20. The van der Waals surface area contributed by atoms with Gasteiger partial charge in [0, 0.05) is 87.8 Å². The van der Waals surface area contributed by atoms with Gasteiger partial charge in [0.2, 0.25) is 0 Å². The highest BCUT2D eigenvalue weighted by molar-refractivity contribution is 8.26. The van der Waals surface area contributed by atoms with Crippen molar-refractivity contribution in [1.82, 2.24) is 18.3 Å². The van der Waals surface area contributed by atoms with Crippen molar-refractivity contribution in [3.63, 3.8) is 0 Å². The second-order valence-electron chi connectivity index (χ2n) is 25.3. The van der Waals surface area contributed by atoms with E-state index in [-0.39, 0.29) is 0 Å². The smallest absolute Gasteiger partial charge is 0.164 e. The predicted octanol–water partition coefficient (Wildman–Crippen LogP) is 19.7. The summed E-state index contributed by atoms with van der Waals surface area (Å²) in [7, 11) is 0. The van der Waals surface area contributed by atoms with E-state index in [1.807, 2.05) is 30.3 Å². The van der Waals surface area contributed by atoms with Gasteiger partial charge in [-0.2, -0.15) is 0 Å². The molecule has 0 spiro atoms. The highest BCUT2D eigenvalue weighted by Gasteiger charge is 2.47. The first-order valence-corrected chi connectivity index (χ1v) is 37.8. The second-order valence-corrected chi connectivity index (χ2v) is 33.8. The third kappa shape index (κ3) is 6.92. The predicted molar refractivity (Wildman–Crippen MR) is 402 cm³/mol. The summed E-state index contributed by atoms with van der Waals surface area (Å²) in [6.07, 6.45) is 0. The molecule has 14 aromatic carbocycles. The summed E-state index contributed by atoms with van der Waals surface area (Å²) in [6, 6.07) is 98.6. The van der Waals surface area contributed by atoms with Crippen molar-refractivity contribution >= 4 is 155 Å². The fraction of sp³-hybridized carbons (Fsp3) is 0. The molecule has 0 fully saturated rings. The summed E-state index contributed by atoms with van der Waals surface area (Å²) in [5.41, 5.74) is 14.7. The number of hydrogen-bond donors (Lipinski definition) is 0. The summed E-state index contributed by atoms with van der Waals surface area (Å²) in [4.78, 5) is 0. The van der Waals surface area contributed by atoms with Crippen molar-refractivity contribution in [3.05, 3.63) is 291 Å². The lowest BCUT2D eigenvalue weighted by molar-refractivity contribution is 0.464. The van der Waals surface area contributed by atoms with E-state index >= 15 is 0 Å². The Balaban J connectivity index is 0.694. The molecule has 2 unspecified atom stereocenters. The van der Waals surface area contributed by atoms with Crippen LogP contribution >= 0.6 is 12.1 Å². The van der Waals surface area contributed by atoms with Crippen molar-refractivity contribution in [2.75, 3.05) is 0 Å². The quantitative estimate of drug-likeness (QED) is 0.160. The van der Waals surface area contributed by atoms with E-state index in [9.17, 15) is 0 Å². The number of para-hydroxylation sites is 8. The molecular weight excluding hydrogens is 1260 g/mol. The van der Waals surface area contributed by atoms with Gasteiger partial charge in [0.05, 0.1) is 78.2 Å². The van der Waals surface area contributed by atoms with Crippen molar-refractivity contribution < 1.29 is 18.9 Å². The second kappa shape index (κ2) is 19.2. The molecule has 0 saturated heterocycles. The van der Waals surface area contributed by atoms with E-state index in [2.05, 4.69) is 279 Å². The van der Waals surface area contributed by atoms with Crippen LogP contribution in [-0.2, 0) is 23.6 Å². The van der Waals surface area contributed by atoms with Gasteiger partial charge >= 0.3 is 0 Å². The first-order chi connectivity index (χ1) is 47.4. The largest absolute Gasteiger partial charge is 0.456 e. The molecule has 96 heavy (non-hydrogen) atoms. The van der Waals surface area contributed by atoms with Crippen molar-refractivity contribution in [1.29, 1.82) is 0 Å². The standard InChI is InChI=1S/C84H48N4O4P2S2/c95-93-79-42-38-51(85-61-24-7-1-18-53(61)54-19-2-8-25-62(54)85)46-75(79)89-73-32-17-33-74(83(73)93)90-76-47-52(39-43-80(76)93)86-63-26-9-5-22-57(63)59-44-49(36-40-67(59)86)50-37-41-68-60(45-50)58-23-6-12-29-66(58)88(68)70-48-69(87-64-27-10-3-20-55(64)56-21-4-11-28-65(56)87)81-84-82(70)92-72-31-14-16-35-78(72)94(84,96)77-34-15-13-30-71(77)91-81/h1-48H. The molecule has 22 rings (SSSR count). The fourth-order valence-electron chi connectivity index (χ4n) is 16.4. The molecule has 0 radical (unpaired) electrons. The third-order valence-electron chi connectivity index (χ3n) is 20.4. The summed E-state index contributed by atoms with van der Waals surface area (Å²) < 4.78 is 38.0. The molecule has 0 N–H and O–H groups in total. The van der Waals surface area contributed by atoms with Crippen LogP contribution in [-0.4, -0.2) is 18.3 Å². The van der Waals surface area contributed by atoms with Crippen molar-refractivity contribution in [2.24, 2.45) is 0 Å². The van der Waals surface area contributed by atoms with Crippen LogP contribution in [0, 0.1) is 0 Å². The number of benzene rings is 14. The lowest BCUT2D eigenvalue weighted by Gasteiger charge is -2.39. The van der Waals surface area contributed by atoms with E-state index in [1.54, 1.807) is 0 Å². The van der Waals surface area contributed by atoms with E-state index in [0.29, 0.717) is 5.75 Å². The Morgan fingerprint density at radius 3 is 0.979 bits per heavy atom. The summed E-state index contributed by atoms with van der Waals surface area (Å²) in [5.74, 6) is 6.02. The maximum absolute atomic E-state index is 7.35. The van der Waals surface area contributed by atoms with E-state index < -0.39 is 12.1 Å². The summed E-state index contributed by atoms with van der Waals surface area (Å²) in [5, 5.41) is 15.2. The Bertz CT molecular complexity index is 6590. The summed E-state index contributed by atoms with van der Waals surface area (Å²) >= 11 is 14.4. The van der Waals surface area contributed by atoms with Gasteiger partial charge in [-0.25, -0.2) is 0 Å². The van der Waals surface area contributed by atoms with Gasteiger partial charge in [-0.15, -0.1) is 0 Å². The van der Waals surface area contributed by atoms with Crippen LogP contribution in [0.2, 0.25) is 0 Å². The van der Waals surface area contributed by atoms with Crippen LogP contribution < -0.4 is 50.8 Å².